The first-order valence-electron chi connectivity index (χ1n) is 5.07. The minimum absolute atomic E-state index is 0.833. The van der Waals surface area contributed by atoms with Crippen molar-refractivity contribution in [2.45, 2.75) is 24.9 Å². The second-order valence-electron chi connectivity index (χ2n) is 3.71. The van der Waals surface area contributed by atoms with Crippen molar-refractivity contribution in [2.24, 2.45) is 5.92 Å². The van der Waals surface area contributed by atoms with Crippen LogP contribution in [-0.4, -0.2) is 34.0 Å². The van der Waals surface area contributed by atoms with Gasteiger partial charge in [0.25, 0.3) is 0 Å². The van der Waals surface area contributed by atoms with Crippen molar-refractivity contribution >= 4 is 11.8 Å². The second-order valence-corrected chi connectivity index (χ2v) is 4.69. The molecule has 2 rings (SSSR count). The summed E-state index contributed by atoms with van der Waals surface area (Å²) in [5, 5.41) is 11.2. The predicted molar refractivity (Wildman–Crippen MR) is 57.4 cm³/mol. The van der Waals surface area contributed by atoms with Gasteiger partial charge in [-0.25, -0.2) is 4.98 Å². The zero-order chi connectivity index (χ0) is 9.80. The van der Waals surface area contributed by atoms with E-state index in [2.05, 4.69) is 20.5 Å². The van der Waals surface area contributed by atoms with Crippen LogP contribution in [0, 0.1) is 12.8 Å². The highest BCUT2D eigenvalue weighted by molar-refractivity contribution is 7.99. The molecule has 0 bridgehead atoms. The van der Waals surface area contributed by atoms with E-state index in [1.807, 2.05) is 6.92 Å². The summed E-state index contributed by atoms with van der Waals surface area (Å²) in [5.41, 5.74) is 0. The molecule has 14 heavy (non-hydrogen) atoms. The molecule has 0 aliphatic carbocycles. The Hall–Kier alpha value is -0.550. The average molecular weight is 212 g/mol. The summed E-state index contributed by atoms with van der Waals surface area (Å²) in [7, 11) is 0. The SMILES string of the molecule is Cc1nc(SCC2CCNCC2)n[nH]1. The standard InChI is InChI=1S/C9H16N4S/c1-7-11-9(13-12-7)14-6-8-2-4-10-5-3-8/h8,10H,2-6H2,1H3,(H,11,12,13). The highest BCUT2D eigenvalue weighted by Crippen LogP contribution is 2.21. The molecule has 1 fully saturated rings. The van der Waals surface area contributed by atoms with E-state index in [1.54, 1.807) is 11.8 Å². The topological polar surface area (TPSA) is 53.6 Å². The number of nitrogens with zero attached hydrogens (tertiary/aromatic N) is 2. The molecule has 1 aliphatic rings. The van der Waals surface area contributed by atoms with Gasteiger partial charge in [-0.1, -0.05) is 11.8 Å². The van der Waals surface area contributed by atoms with Crippen molar-refractivity contribution in [3.05, 3.63) is 5.82 Å². The highest BCUT2D eigenvalue weighted by atomic mass is 32.2. The van der Waals surface area contributed by atoms with Gasteiger partial charge in [-0.2, -0.15) is 0 Å². The van der Waals surface area contributed by atoms with Crippen LogP contribution in [0.4, 0.5) is 0 Å². The van der Waals surface area contributed by atoms with Crippen LogP contribution >= 0.6 is 11.8 Å². The maximum absolute atomic E-state index is 4.28. The number of nitrogens with one attached hydrogen (secondary N) is 2. The van der Waals surface area contributed by atoms with Crippen molar-refractivity contribution in [1.82, 2.24) is 20.5 Å². The van der Waals surface area contributed by atoms with Crippen LogP contribution in [0.25, 0.3) is 0 Å². The summed E-state index contributed by atoms with van der Waals surface area (Å²) >= 11 is 1.77. The Kier molecular flexibility index (Phi) is 3.42. The molecule has 1 saturated heterocycles. The van der Waals surface area contributed by atoms with Crippen molar-refractivity contribution in [3.63, 3.8) is 0 Å². The number of rotatable bonds is 3. The smallest absolute Gasteiger partial charge is 0.208 e. The molecule has 2 N–H and O–H groups in total. The molecular weight excluding hydrogens is 196 g/mol. The molecule has 78 valence electrons. The first kappa shape index (κ1) is 9.98. The van der Waals surface area contributed by atoms with E-state index in [-0.39, 0.29) is 0 Å². The molecule has 1 aromatic heterocycles. The Morgan fingerprint density at radius 3 is 2.86 bits per heavy atom. The van der Waals surface area contributed by atoms with Gasteiger partial charge in [-0.3, -0.25) is 5.10 Å². The molecule has 0 amide bonds. The quantitative estimate of drug-likeness (QED) is 0.739. The molecule has 0 spiro atoms. The Labute approximate surface area is 88.3 Å². The zero-order valence-corrected chi connectivity index (χ0v) is 9.23. The summed E-state index contributed by atoms with van der Waals surface area (Å²) in [6.45, 7) is 4.26. The monoisotopic (exact) mass is 212 g/mol. The van der Waals surface area contributed by atoms with E-state index in [9.17, 15) is 0 Å². The first-order valence-corrected chi connectivity index (χ1v) is 6.05. The van der Waals surface area contributed by atoms with Gasteiger partial charge in [0.05, 0.1) is 0 Å². The molecule has 2 heterocycles. The summed E-state index contributed by atoms with van der Waals surface area (Å²) in [6, 6.07) is 0. The second kappa shape index (κ2) is 4.79. The van der Waals surface area contributed by atoms with Crippen LogP contribution < -0.4 is 5.32 Å². The lowest BCUT2D eigenvalue weighted by molar-refractivity contribution is 0.407. The normalized spacial score (nSPS) is 18.6. The number of aromatic amines is 1. The Balaban J connectivity index is 1.76. The number of hydrogen-bond donors (Lipinski definition) is 2. The van der Waals surface area contributed by atoms with Crippen LogP contribution in [0.3, 0.4) is 0 Å². The van der Waals surface area contributed by atoms with Gasteiger partial charge in [0.2, 0.25) is 5.16 Å². The van der Waals surface area contributed by atoms with Crippen molar-refractivity contribution in [2.75, 3.05) is 18.8 Å². The van der Waals surface area contributed by atoms with E-state index >= 15 is 0 Å². The largest absolute Gasteiger partial charge is 0.317 e. The van der Waals surface area contributed by atoms with Crippen LogP contribution in [0.15, 0.2) is 5.16 Å². The van der Waals surface area contributed by atoms with E-state index in [1.165, 1.54) is 12.8 Å². The lowest BCUT2D eigenvalue weighted by atomic mass is 10.0. The number of piperidine rings is 1. The minimum atomic E-state index is 0.833. The van der Waals surface area contributed by atoms with Gasteiger partial charge < -0.3 is 5.32 Å². The number of aryl methyl sites for hydroxylation is 1. The fourth-order valence-corrected chi connectivity index (χ4v) is 2.66. The molecule has 0 aromatic carbocycles. The van der Waals surface area contributed by atoms with E-state index in [0.29, 0.717) is 0 Å². The molecule has 1 aliphatic heterocycles. The predicted octanol–water partition coefficient (Wildman–Crippen LogP) is 1.20. The van der Waals surface area contributed by atoms with Gasteiger partial charge in [0, 0.05) is 5.75 Å². The summed E-state index contributed by atoms with van der Waals surface area (Å²) in [5.74, 6) is 2.89. The maximum Gasteiger partial charge on any atom is 0.208 e. The summed E-state index contributed by atoms with van der Waals surface area (Å²) in [6.07, 6.45) is 2.58. The van der Waals surface area contributed by atoms with E-state index < -0.39 is 0 Å². The summed E-state index contributed by atoms with van der Waals surface area (Å²) in [4.78, 5) is 4.28. The number of hydrogen-bond acceptors (Lipinski definition) is 4. The number of H-pyrrole nitrogens is 1. The van der Waals surface area contributed by atoms with E-state index in [0.717, 1.165) is 35.7 Å². The maximum atomic E-state index is 4.28. The molecule has 4 nitrogen and oxygen atoms in total. The molecule has 0 saturated carbocycles. The molecular formula is C9H16N4S. The van der Waals surface area contributed by atoms with Crippen LogP contribution in [-0.2, 0) is 0 Å². The number of aromatic nitrogens is 3. The molecule has 0 radical (unpaired) electrons. The Morgan fingerprint density at radius 1 is 1.43 bits per heavy atom. The molecule has 0 unspecified atom stereocenters. The fraction of sp³-hybridized carbons (Fsp3) is 0.778. The van der Waals surface area contributed by atoms with Crippen molar-refractivity contribution in [1.29, 1.82) is 0 Å². The van der Waals surface area contributed by atoms with Gasteiger partial charge in [-0.05, 0) is 38.8 Å². The molecule has 0 atom stereocenters. The van der Waals surface area contributed by atoms with Crippen LogP contribution in [0.2, 0.25) is 0 Å². The fourth-order valence-electron chi connectivity index (χ4n) is 1.63. The molecule has 1 aromatic rings. The first-order chi connectivity index (χ1) is 6.84. The lowest BCUT2D eigenvalue weighted by Crippen LogP contribution is -2.28. The zero-order valence-electron chi connectivity index (χ0n) is 8.42. The van der Waals surface area contributed by atoms with Gasteiger partial charge in [0.15, 0.2) is 0 Å². The highest BCUT2D eigenvalue weighted by Gasteiger charge is 2.13. The van der Waals surface area contributed by atoms with Gasteiger partial charge >= 0.3 is 0 Å². The van der Waals surface area contributed by atoms with E-state index in [4.69, 9.17) is 0 Å². The van der Waals surface area contributed by atoms with Gasteiger partial charge in [0.1, 0.15) is 5.82 Å². The Morgan fingerprint density at radius 2 is 2.21 bits per heavy atom. The third-order valence-electron chi connectivity index (χ3n) is 2.48. The Bertz CT molecular complexity index is 280. The third kappa shape index (κ3) is 2.72. The minimum Gasteiger partial charge on any atom is -0.317 e. The van der Waals surface area contributed by atoms with Crippen LogP contribution in [0.1, 0.15) is 18.7 Å². The van der Waals surface area contributed by atoms with Crippen molar-refractivity contribution in [3.8, 4) is 0 Å². The van der Waals surface area contributed by atoms with Gasteiger partial charge in [-0.15, -0.1) is 5.10 Å². The van der Waals surface area contributed by atoms with Crippen molar-refractivity contribution < 1.29 is 0 Å². The average Bonchev–Trinajstić information content (AvgIpc) is 2.63. The lowest BCUT2D eigenvalue weighted by Gasteiger charge is -2.21. The molecule has 5 heteroatoms. The number of thioether (sulfide) groups is 1. The summed E-state index contributed by atoms with van der Waals surface area (Å²) < 4.78 is 0. The van der Waals surface area contributed by atoms with Crippen LogP contribution in [0.5, 0.6) is 0 Å². The third-order valence-corrected chi connectivity index (χ3v) is 3.56.